The molecule has 5 heteroatoms. The highest BCUT2D eigenvalue weighted by molar-refractivity contribution is 6.31. The molecule has 2 aromatic rings. The predicted octanol–water partition coefficient (Wildman–Crippen LogP) is 3.52. The fourth-order valence-electron chi connectivity index (χ4n) is 3.35. The molecule has 1 aliphatic heterocycles. The lowest BCUT2D eigenvalue weighted by Gasteiger charge is -2.13. The van der Waals surface area contributed by atoms with Gasteiger partial charge in [0.1, 0.15) is 5.69 Å². The Morgan fingerprint density at radius 3 is 2.82 bits per heavy atom. The van der Waals surface area contributed by atoms with Crippen LogP contribution >= 0.6 is 11.6 Å². The van der Waals surface area contributed by atoms with Crippen LogP contribution in [0.25, 0.3) is 11.3 Å². The Bertz CT molecular complexity index is 762. The van der Waals surface area contributed by atoms with Crippen LogP contribution in [0.5, 0.6) is 0 Å². The zero-order valence-corrected chi connectivity index (χ0v) is 13.1. The van der Waals surface area contributed by atoms with Crippen molar-refractivity contribution in [2.75, 3.05) is 0 Å². The summed E-state index contributed by atoms with van der Waals surface area (Å²) >= 11 is 6.42. The maximum absolute atomic E-state index is 11.9. The van der Waals surface area contributed by atoms with E-state index in [1.807, 2.05) is 16.8 Å². The van der Waals surface area contributed by atoms with Gasteiger partial charge in [0.05, 0.1) is 11.3 Å². The van der Waals surface area contributed by atoms with Crippen molar-refractivity contribution in [1.29, 1.82) is 0 Å². The lowest BCUT2D eigenvalue weighted by atomic mass is 9.99. The molecule has 4 nitrogen and oxygen atoms in total. The number of aromatic nitrogens is 2. The second-order valence-corrected chi connectivity index (χ2v) is 6.63. The van der Waals surface area contributed by atoms with Gasteiger partial charge in [-0.3, -0.25) is 9.48 Å². The topological polar surface area (TPSA) is 60.9 Å². The molecular weight excluding hydrogens is 298 g/mol. The molecule has 114 valence electrons. The number of fused-ring (bicyclic) bond motifs is 1. The lowest BCUT2D eigenvalue weighted by molar-refractivity contribution is 0.0999. The van der Waals surface area contributed by atoms with Crippen molar-refractivity contribution in [3.05, 3.63) is 40.0 Å². The minimum absolute atomic E-state index is 0.402. The molecule has 2 heterocycles. The van der Waals surface area contributed by atoms with Gasteiger partial charge in [0.15, 0.2) is 0 Å². The van der Waals surface area contributed by atoms with E-state index in [4.69, 9.17) is 17.3 Å². The molecule has 1 fully saturated rings. The number of amides is 1. The van der Waals surface area contributed by atoms with Crippen LogP contribution in [0.1, 0.15) is 53.2 Å². The van der Waals surface area contributed by atoms with Crippen LogP contribution in [0.4, 0.5) is 0 Å². The first kappa shape index (κ1) is 13.8. The van der Waals surface area contributed by atoms with Crippen molar-refractivity contribution in [2.45, 2.75) is 44.6 Å². The molecule has 1 amide bonds. The normalized spacial score (nSPS) is 17.3. The van der Waals surface area contributed by atoms with Gasteiger partial charge in [-0.25, -0.2) is 0 Å². The van der Waals surface area contributed by atoms with Crippen LogP contribution in [0.2, 0.25) is 5.02 Å². The Balaban J connectivity index is 1.83. The van der Waals surface area contributed by atoms with Gasteiger partial charge in [0.2, 0.25) is 0 Å². The minimum Gasteiger partial charge on any atom is -0.365 e. The monoisotopic (exact) mass is 315 g/mol. The summed E-state index contributed by atoms with van der Waals surface area (Å²) in [5, 5.41) is 5.40. The molecule has 0 atom stereocenters. The van der Waals surface area contributed by atoms with Gasteiger partial charge in [-0.1, -0.05) is 23.7 Å². The number of carbonyl (C=O) groups is 1. The number of halogens is 1. The predicted molar refractivity (Wildman–Crippen MR) is 86.1 cm³/mol. The Morgan fingerprint density at radius 1 is 1.32 bits per heavy atom. The fourth-order valence-corrected chi connectivity index (χ4v) is 3.69. The minimum atomic E-state index is -0.402. The molecule has 1 saturated carbocycles. The number of hydrogen-bond donors (Lipinski definition) is 1. The molecule has 22 heavy (non-hydrogen) atoms. The summed E-state index contributed by atoms with van der Waals surface area (Å²) < 4.78 is 1.93. The summed E-state index contributed by atoms with van der Waals surface area (Å²) in [5.41, 5.74) is 9.91. The molecular formula is C17H18ClN3O. The third-order valence-electron chi connectivity index (χ3n) is 4.63. The van der Waals surface area contributed by atoms with E-state index in [1.54, 1.807) is 0 Å². The average Bonchev–Trinajstić information content (AvgIpc) is 3.25. The second-order valence-electron chi connectivity index (χ2n) is 6.23. The highest BCUT2D eigenvalue weighted by Crippen LogP contribution is 2.44. The number of aryl methyl sites for hydroxylation is 1. The largest absolute Gasteiger partial charge is 0.365 e. The standard InChI is InChI=1S/C17H18ClN3O/c18-13-9-11(6-7-12(13)10-4-5-10)16-15(17(19)22)14-3-1-2-8-21(14)20-16/h6-7,9-10H,1-5,8H2,(H2,19,22). The zero-order chi connectivity index (χ0) is 15.3. The van der Waals surface area contributed by atoms with Crippen molar-refractivity contribution < 1.29 is 4.79 Å². The summed E-state index contributed by atoms with van der Waals surface area (Å²) in [6.07, 6.45) is 5.45. The highest BCUT2D eigenvalue weighted by Gasteiger charge is 2.28. The molecule has 2 aliphatic rings. The highest BCUT2D eigenvalue weighted by atomic mass is 35.5. The number of primary amides is 1. The molecule has 2 N–H and O–H groups in total. The van der Waals surface area contributed by atoms with E-state index >= 15 is 0 Å². The first-order valence-corrected chi connectivity index (χ1v) is 8.22. The van der Waals surface area contributed by atoms with Crippen LogP contribution < -0.4 is 5.73 Å². The summed E-state index contributed by atoms with van der Waals surface area (Å²) in [6, 6.07) is 6.01. The van der Waals surface area contributed by atoms with Crippen LogP contribution in [-0.2, 0) is 13.0 Å². The van der Waals surface area contributed by atoms with E-state index < -0.39 is 5.91 Å². The molecule has 4 rings (SSSR count). The van der Waals surface area contributed by atoms with Crippen molar-refractivity contribution in [3.8, 4) is 11.3 Å². The van der Waals surface area contributed by atoms with Crippen molar-refractivity contribution in [1.82, 2.24) is 9.78 Å². The summed E-state index contributed by atoms with van der Waals surface area (Å²) in [4.78, 5) is 11.9. The Labute approximate surface area is 134 Å². The molecule has 0 bridgehead atoms. The Kier molecular flexibility index (Phi) is 3.22. The summed E-state index contributed by atoms with van der Waals surface area (Å²) in [6.45, 7) is 0.851. The number of benzene rings is 1. The molecule has 1 aliphatic carbocycles. The van der Waals surface area contributed by atoms with E-state index in [0.29, 0.717) is 17.2 Å². The quantitative estimate of drug-likeness (QED) is 0.942. The molecule has 0 spiro atoms. The van der Waals surface area contributed by atoms with Crippen LogP contribution in [0, 0.1) is 0 Å². The van der Waals surface area contributed by atoms with Gasteiger partial charge in [0, 0.05) is 17.1 Å². The van der Waals surface area contributed by atoms with E-state index in [-0.39, 0.29) is 0 Å². The van der Waals surface area contributed by atoms with E-state index in [2.05, 4.69) is 11.2 Å². The number of hydrogen-bond acceptors (Lipinski definition) is 2. The van der Waals surface area contributed by atoms with Crippen molar-refractivity contribution >= 4 is 17.5 Å². The van der Waals surface area contributed by atoms with E-state index in [1.165, 1.54) is 18.4 Å². The average molecular weight is 316 g/mol. The first-order valence-electron chi connectivity index (χ1n) is 7.84. The Hall–Kier alpha value is -1.81. The van der Waals surface area contributed by atoms with Crippen LogP contribution in [-0.4, -0.2) is 15.7 Å². The van der Waals surface area contributed by atoms with Gasteiger partial charge in [-0.05, 0) is 49.7 Å². The van der Waals surface area contributed by atoms with Gasteiger partial charge in [-0.2, -0.15) is 5.10 Å². The fraction of sp³-hybridized carbons (Fsp3) is 0.412. The zero-order valence-electron chi connectivity index (χ0n) is 12.3. The van der Waals surface area contributed by atoms with Crippen LogP contribution in [0.3, 0.4) is 0 Å². The summed E-state index contributed by atoms with van der Waals surface area (Å²) in [5.74, 6) is 0.202. The third-order valence-corrected chi connectivity index (χ3v) is 4.96. The maximum atomic E-state index is 11.9. The molecule has 1 aromatic carbocycles. The van der Waals surface area contributed by atoms with Gasteiger partial charge >= 0.3 is 0 Å². The third kappa shape index (κ3) is 2.22. The van der Waals surface area contributed by atoms with Crippen molar-refractivity contribution in [2.24, 2.45) is 5.73 Å². The second kappa shape index (κ2) is 5.13. The Morgan fingerprint density at radius 2 is 2.14 bits per heavy atom. The number of rotatable bonds is 3. The van der Waals surface area contributed by atoms with Gasteiger partial charge in [-0.15, -0.1) is 0 Å². The van der Waals surface area contributed by atoms with Gasteiger partial charge in [0.25, 0.3) is 5.91 Å². The smallest absolute Gasteiger partial charge is 0.252 e. The summed E-state index contributed by atoms with van der Waals surface area (Å²) in [7, 11) is 0. The molecule has 0 unspecified atom stereocenters. The lowest BCUT2D eigenvalue weighted by Crippen LogP contribution is -2.17. The molecule has 1 aromatic heterocycles. The number of nitrogens with zero attached hydrogens (tertiary/aromatic N) is 2. The number of carbonyl (C=O) groups excluding carboxylic acids is 1. The molecule has 0 radical (unpaired) electrons. The van der Waals surface area contributed by atoms with Gasteiger partial charge < -0.3 is 5.73 Å². The SMILES string of the molecule is NC(=O)c1c(-c2ccc(C3CC3)c(Cl)c2)nn2c1CCCC2. The van der Waals surface area contributed by atoms with Crippen LogP contribution in [0.15, 0.2) is 18.2 Å². The van der Waals surface area contributed by atoms with E-state index in [0.717, 1.165) is 42.1 Å². The van der Waals surface area contributed by atoms with E-state index in [9.17, 15) is 4.79 Å². The maximum Gasteiger partial charge on any atom is 0.252 e. The van der Waals surface area contributed by atoms with Crippen molar-refractivity contribution in [3.63, 3.8) is 0 Å². The first-order chi connectivity index (χ1) is 10.6. The molecule has 0 saturated heterocycles. The number of nitrogens with two attached hydrogens (primary N) is 1.